The van der Waals surface area contributed by atoms with Gasteiger partial charge in [-0.05, 0) is 60.0 Å². The number of likely N-dealkylation sites (tertiary alicyclic amines) is 1. The molecule has 1 aromatic carbocycles. The zero-order chi connectivity index (χ0) is 20.3. The molecule has 1 N–H and O–H groups in total. The fraction of sp³-hybridized carbons (Fsp3) is 0.421. The largest absolute Gasteiger partial charge is 0.325 e. The van der Waals surface area contributed by atoms with Crippen molar-refractivity contribution >= 4 is 44.6 Å². The van der Waals surface area contributed by atoms with E-state index in [0.29, 0.717) is 29.7 Å². The fourth-order valence-corrected chi connectivity index (χ4v) is 5.17. The predicted molar refractivity (Wildman–Crippen MR) is 113 cm³/mol. The van der Waals surface area contributed by atoms with E-state index < -0.39 is 10.0 Å². The van der Waals surface area contributed by atoms with E-state index in [0.717, 1.165) is 23.7 Å². The second kappa shape index (κ2) is 8.92. The molecule has 1 aliphatic rings. The summed E-state index contributed by atoms with van der Waals surface area (Å²) < 4.78 is 25.7. The molecule has 6 nitrogen and oxygen atoms in total. The summed E-state index contributed by atoms with van der Waals surface area (Å²) >= 11 is 7.84. The Morgan fingerprint density at radius 2 is 2.14 bits per heavy atom. The topological polar surface area (TPSA) is 69.7 Å². The quantitative estimate of drug-likeness (QED) is 0.709. The Morgan fingerprint density at radius 3 is 2.82 bits per heavy atom. The van der Waals surface area contributed by atoms with Crippen LogP contribution in [0.3, 0.4) is 0 Å². The number of nitrogens with zero attached hydrogens (tertiary/aromatic N) is 2. The fourth-order valence-electron chi connectivity index (χ4n) is 3.37. The molecule has 0 aliphatic carbocycles. The van der Waals surface area contributed by atoms with Gasteiger partial charge in [0.05, 0.1) is 15.6 Å². The van der Waals surface area contributed by atoms with Crippen LogP contribution in [-0.2, 0) is 14.8 Å². The number of amides is 1. The maximum atomic E-state index is 12.5. The van der Waals surface area contributed by atoms with E-state index in [1.54, 1.807) is 11.3 Å². The molecule has 1 fully saturated rings. The average molecular weight is 442 g/mol. The smallest absolute Gasteiger partial charge is 0.242 e. The number of halogens is 1. The van der Waals surface area contributed by atoms with Gasteiger partial charge in [0.15, 0.2) is 0 Å². The van der Waals surface area contributed by atoms with Crippen molar-refractivity contribution in [1.29, 1.82) is 0 Å². The van der Waals surface area contributed by atoms with Gasteiger partial charge in [-0.1, -0.05) is 11.6 Å². The number of rotatable bonds is 7. The van der Waals surface area contributed by atoms with Crippen LogP contribution in [0.15, 0.2) is 39.9 Å². The molecule has 2 heterocycles. The highest BCUT2D eigenvalue weighted by atomic mass is 35.5. The molecule has 1 unspecified atom stereocenters. The lowest BCUT2D eigenvalue weighted by Crippen LogP contribution is -2.27. The Bertz CT molecular complexity index is 930. The lowest BCUT2D eigenvalue weighted by atomic mass is 10.1. The van der Waals surface area contributed by atoms with Crippen molar-refractivity contribution in [3.8, 4) is 0 Å². The Balaban J connectivity index is 1.63. The second-order valence-corrected chi connectivity index (χ2v) is 10.3. The molecule has 1 atom stereocenters. The third kappa shape index (κ3) is 4.75. The van der Waals surface area contributed by atoms with Crippen molar-refractivity contribution in [1.82, 2.24) is 9.21 Å². The summed E-state index contributed by atoms with van der Waals surface area (Å²) in [6.07, 6.45) is 2.55. The van der Waals surface area contributed by atoms with Crippen molar-refractivity contribution < 1.29 is 13.2 Å². The summed E-state index contributed by atoms with van der Waals surface area (Å²) in [7, 11) is -0.673. The number of benzene rings is 1. The van der Waals surface area contributed by atoms with Gasteiger partial charge in [0.1, 0.15) is 0 Å². The molecule has 1 saturated heterocycles. The lowest BCUT2D eigenvalue weighted by Gasteiger charge is -2.23. The number of nitrogens with one attached hydrogen (secondary N) is 1. The molecule has 0 bridgehead atoms. The Kier molecular flexibility index (Phi) is 6.77. The summed E-state index contributed by atoms with van der Waals surface area (Å²) in [5, 5.41) is 7.31. The van der Waals surface area contributed by atoms with Gasteiger partial charge in [-0.25, -0.2) is 12.7 Å². The third-order valence-electron chi connectivity index (χ3n) is 4.91. The Hall–Kier alpha value is -1.45. The van der Waals surface area contributed by atoms with Gasteiger partial charge in [0, 0.05) is 33.1 Å². The first-order valence-electron chi connectivity index (χ1n) is 9.07. The van der Waals surface area contributed by atoms with Crippen LogP contribution in [0.4, 0.5) is 5.69 Å². The molecule has 0 saturated carbocycles. The van der Waals surface area contributed by atoms with Crippen LogP contribution in [-0.4, -0.2) is 50.7 Å². The minimum Gasteiger partial charge on any atom is -0.325 e. The van der Waals surface area contributed by atoms with E-state index in [2.05, 4.69) is 27.0 Å². The van der Waals surface area contributed by atoms with Gasteiger partial charge < -0.3 is 5.32 Å². The molecule has 2 aromatic rings. The second-order valence-electron chi connectivity index (χ2n) is 6.98. The Morgan fingerprint density at radius 1 is 1.36 bits per heavy atom. The monoisotopic (exact) mass is 441 g/mol. The third-order valence-corrected chi connectivity index (χ3v) is 7.75. The standard InChI is InChI=1S/C19H24ClN3O3S2/c1-22(2)28(25,26)15-5-6-16(20)17(12-15)21-19(24)7-10-23-9-3-4-18(23)14-8-11-27-13-14/h5-6,8,11-13,18H,3-4,7,9-10H2,1-2H3,(H,21,24). The summed E-state index contributed by atoms with van der Waals surface area (Å²) in [5.41, 5.74) is 1.62. The van der Waals surface area contributed by atoms with Crippen molar-refractivity contribution in [2.75, 3.05) is 32.5 Å². The van der Waals surface area contributed by atoms with Gasteiger partial charge in [0.2, 0.25) is 15.9 Å². The number of hydrogen-bond donors (Lipinski definition) is 1. The minimum absolute atomic E-state index is 0.0919. The van der Waals surface area contributed by atoms with E-state index in [1.807, 2.05) is 0 Å². The van der Waals surface area contributed by atoms with Crippen LogP contribution >= 0.6 is 22.9 Å². The number of sulfonamides is 1. The number of carbonyl (C=O) groups excluding carboxylic acids is 1. The summed E-state index contributed by atoms with van der Waals surface area (Å²) in [6.45, 7) is 1.63. The first-order chi connectivity index (χ1) is 13.3. The van der Waals surface area contributed by atoms with Crippen LogP contribution in [0.1, 0.15) is 30.9 Å². The van der Waals surface area contributed by atoms with Gasteiger partial charge in [-0.2, -0.15) is 11.3 Å². The SMILES string of the molecule is CN(C)S(=O)(=O)c1ccc(Cl)c(NC(=O)CCN2CCCC2c2ccsc2)c1. The summed E-state index contributed by atoms with van der Waals surface area (Å²) in [4.78, 5) is 14.9. The van der Waals surface area contributed by atoms with Crippen molar-refractivity contribution in [2.24, 2.45) is 0 Å². The normalized spacial score (nSPS) is 17.9. The molecular weight excluding hydrogens is 418 g/mol. The number of anilines is 1. The van der Waals surface area contributed by atoms with Crippen LogP contribution < -0.4 is 5.32 Å². The first-order valence-corrected chi connectivity index (χ1v) is 11.8. The van der Waals surface area contributed by atoms with Crippen LogP contribution in [0.25, 0.3) is 0 Å². The van der Waals surface area contributed by atoms with E-state index in [1.165, 1.54) is 37.9 Å². The van der Waals surface area contributed by atoms with Crippen molar-refractivity contribution in [3.63, 3.8) is 0 Å². The summed E-state index contributed by atoms with van der Waals surface area (Å²) in [5.74, 6) is -0.183. The summed E-state index contributed by atoms with van der Waals surface area (Å²) in [6, 6.07) is 6.84. The highest BCUT2D eigenvalue weighted by Gasteiger charge is 2.26. The number of carbonyl (C=O) groups is 1. The molecule has 0 radical (unpaired) electrons. The lowest BCUT2D eigenvalue weighted by molar-refractivity contribution is -0.116. The zero-order valence-electron chi connectivity index (χ0n) is 15.9. The molecule has 1 aliphatic heterocycles. The van der Waals surface area contributed by atoms with Crippen LogP contribution in [0, 0.1) is 0 Å². The maximum absolute atomic E-state index is 12.5. The highest BCUT2D eigenvalue weighted by Crippen LogP contribution is 2.33. The zero-order valence-corrected chi connectivity index (χ0v) is 18.3. The molecule has 28 heavy (non-hydrogen) atoms. The average Bonchev–Trinajstić information content (AvgIpc) is 3.32. The minimum atomic E-state index is -3.59. The number of hydrogen-bond acceptors (Lipinski definition) is 5. The maximum Gasteiger partial charge on any atom is 0.242 e. The van der Waals surface area contributed by atoms with E-state index in [-0.39, 0.29) is 10.8 Å². The van der Waals surface area contributed by atoms with Crippen molar-refractivity contribution in [2.45, 2.75) is 30.2 Å². The van der Waals surface area contributed by atoms with E-state index in [9.17, 15) is 13.2 Å². The molecule has 9 heteroatoms. The van der Waals surface area contributed by atoms with E-state index >= 15 is 0 Å². The van der Waals surface area contributed by atoms with Gasteiger partial charge in [-0.3, -0.25) is 9.69 Å². The first kappa shape index (κ1) is 21.3. The van der Waals surface area contributed by atoms with E-state index in [4.69, 9.17) is 11.6 Å². The van der Waals surface area contributed by atoms with Crippen LogP contribution in [0.5, 0.6) is 0 Å². The Labute approximate surface area is 175 Å². The molecule has 152 valence electrons. The van der Waals surface area contributed by atoms with Gasteiger partial charge in [-0.15, -0.1) is 0 Å². The van der Waals surface area contributed by atoms with Gasteiger partial charge in [0.25, 0.3) is 0 Å². The van der Waals surface area contributed by atoms with Crippen molar-refractivity contribution in [3.05, 3.63) is 45.6 Å². The van der Waals surface area contributed by atoms with Crippen LogP contribution in [0.2, 0.25) is 5.02 Å². The molecular formula is C19H24ClN3O3S2. The molecule has 3 rings (SSSR count). The predicted octanol–water partition coefficient (Wildman–Crippen LogP) is 3.82. The molecule has 1 amide bonds. The molecule has 1 aromatic heterocycles. The highest BCUT2D eigenvalue weighted by molar-refractivity contribution is 7.89. The molecule has 0 spiro atoms. The number of thiophene rings is 1. The van der Waals surface area contributed by atoms with Gasteiger partial charge >= 0.3 is 0 Å².